The van der Waals surface area contributed by atoms with Crippen molar-refractivity contribution in [3.05, 3.63) is 82.8 Å². The molecule has 0 unspecified atom stereocenters. The van der Waals surface area contributed by atoms with Crippen molar-refractivity contribution in [2.45, 2.75) is 45.4 Å². The minimum Gasteiger partial charge on any atom is -0.337 e. The van der Waals surface area contributed by atoms with Gasteiger partial charge in [-0.1, -0.05) is 6.07 Å². The first-order valence-electron chi connectivity index (χ1n) is 12.5. The van der Waals surface area contributed by atoms with Gasteiger partial charge in [-0.15, -0.1) is 0 Å². The number of aryl methyl sites for hydroxylation is 2. The number of rotatable bonds is 3. The second-order valence-corrected chi connectivity index (χ2v) is 10.3. The molecule has 3 heterocycles. The van der Waals surface area contributed by atoms with Crippen LogP contribution in [0.4, 0.5) is 0 Å². The maximum Gasteiger partial charge on any atom is 0.272 e. The quantitative estimate of drug-likeness (QED) is 0.496. The Balaban J connectivity index is 1.32. The standard InChI is InChI=1S/C30H28N4O3/c1-19-13-22(23-7-6-21(17-31)18-33-23)14-20(2)27(19)28-25(35)15-30(16-26(28)36)8-11-34(12-9-30)29(37)24-5-3-4-10-32-24/h3-7,10,13-14,18,28H,8-9,11-12,15-16H2,1-2H3. The molecule has 1 aliphatic carbocycles. The van der Waals surface area contributed by atoms with E-state index in [1.807, 2.05) is 26.0 Å². The Hall–Kier alpha value is -4.18. The number of carbonyl (C=O) groups is 3. The molecule has 1 aliphatic heterocycles. The average Bonchev–Trinajstić information content (AvgIpc) is 2.90. The number of pyridine rings is 2. The molecule has 186 valence electrons. The van der Waals surface area contributed by atoms with E-state index in [9.17, 15) is 14.4 Å². The van der Waals surface area contributed by atoms with E-state index < -0.39 is 5.92 Å². The number of amides is 1. The van der Waals surface area contributed by atoms with Gasteiger partial charge in [0.25, 0.3) is 5.91 Å². The third kappa shape index (κ3) is 4.67. The van der Waals surface area contributed by atoms with Crippen LogP contribution in [0.1, 0.15) is 64.3 Å². The van der Waals surface area contributed by atoms with Crippen molar-refractivity contribution >= 4 is 17.5 Å². The van der Waals surface area contributed by atoms with Crippen LogP contribution < -0.4 is 0 Å². The van der Waals surface area contributed by atoms with Crippen LogP contribution in [0.5, 0.6) is 0 Å². The zero-order chi connectivity index (χ0) is 26.2. The molecule has 5 rings (SSSR count). The van der Waals surface area contributed by atoms with E-state index in [2.05, 4.69) is 16.0 Å². The second kappa shape index (κ2) is 9.70. The average molecular weight is 493 g/mol. The summed E-state index contributed by atoms with van der Waals surface area (Å²) >= 11 is 0. The molecule has 0 radical (unpaired) electrons. The monoisotopic (exact) mass is 492 g/mol. The van der Waals surface area contributed by atoms with Crippen molar-refractivity contribution in [2.75, 3.05) is 13.1 Å². The Bertz CT molecular complexity index is 1370. The van der Waals surface area contributed by atoms with E-state index in [4.69, 9.17) is 5.26 Å². The molecule has 0 bridgehead atoms. The number of aromatic nitrogens is 2. The van der Waals surface area contributed by atoms with Gasteiger partial charge in [-0.2, -0.15) is 5.26 Å². The predicted molar refractivity (Wildman–Crippen MR) is 138 cm³/mol. The van der Waals surface area contributed by atoms with Crippen LogP contribution >= 0.6 is 0 Å². The first-order valence-corrected chi connectivity index (χ1v) is 12.5. The molecule has 1 amide bonds. The van der Waals surface area contributed by atoms with E-state index in [0.29, 0.717) is 50.0 Å². The first-order chi connectivity index (χ1) is 17.8. The van der Waals surface area contributed by atoms with Crippen LogP contribution in [0.15, 0.2) is 54.9 Å². The summed E-state index contributed by atoms with van der Waals surface area (Å²) in [6, 6.07) is 14.8. The van der Waals surface area contributed by atoms with Gasteiger partial charge in [0.05, 0.1) is 11.3 Å². The summed E-state index contributed by atoms with van der Waals surface area (Å²) in [6.45, 7) is 4.90. The van der Waals surface area contributed by atoms with Gasteiger partial charge in [-0.3, -0.25) is 24.4 Å². The summed E-state index contributed by atoms with van der Waals surface area (Å²) in [5.41, 5.74) is 4.74. The summed E-state index contributed by atoms with van der Waals surface area (Å²) in [7, 11) is 0. The lowest BCUT2D eigenvalue weighted by atomic mass is 9.62. The van der Waals surface area contributed by atoms with Gasteiger partial charge in [-0.25, -0.2) is 0 Å². The molecule has 1 saturated heterocycles. The van der Waals surface area contributed by atoms with Crippen molar-refractivity contribution in [3.63, 3.8) is 0 Å². The highest BCUT2D eigenvalue weighted by Gasteiger charge is 2.48. The SMILES string of the molecule is Cc1cc(-c2ccc(C#N)cn2)cc(C)c1C1C(=O)CC2(CCN(C(=O)c3ccccn3)CC2)CC1=O. The van der Waals surface area contributed by atoms with Crippen LogP contribution in [0.2, 0.25) is 0 Å². The summed E-state index contributed by atoms with van der Waals surface area (Å²) in [5, 5.41) is 9.02. The molecule has 0 N–H and O–H groups in total. The highest BCUT2D eigenvalue weighted by molar-refractivity contribution is 6.10. The van der Waals surface area contributed by atoms with E-state index in [1.54, 1.807) is 41.4 Å². The predicted octanol–water partition coefficient (Wildman–Crippen LogP) is 4.57. The highest BCUT2D eigenvalue weighted by atomic mass is 16.2. The largest absolute Gasteiger partial charge is 0.337 e. The highest BCUT2D eigenvalue weighted by Crippen LogP contribution is 2.47. The number of carbonyl (C=O) groups excluding carboxylic acids is 3. The van der Waals surface area contributed by atoms with E-state index >= 15 is 0 Å². The molecule has 2 aromatic heterocycles. The first kappa shape index (κ1) is 24.5. The lowest BCUT2D eigenvalue weighted by molar-refractivity contribution is -0.138. The molecule has 2 fully saturated rings. The number of ketones is 2. The smallest absolute Gasteiger partial charge is 0.272 e. The topological polar surface area (TPSA) is 104 Å². The van der Waals surface area contributed by atoms with Gasteiger partial charge in [0, 0.05) is 43.9 Å². The number of likely N-dealkylation sites (tertiary alicyclic amines) is 1. The van der Waals surface area contributed by atoms with Crippen LogP contribution in [0.25, 0.3) is 11.3 Å². The number of nitriles is 1. The molecule has 1 spiro atoms. The molecule has 1 saturated carbocycles. The Morgan fingerprint density at radius 2 is 1.68 bits per heavy atom. The van der Waals surface area contributed by atoms with Crippen LogP contribution in [-0.4, -0.2) is 45.4 Å². The molecular formula is C30H28N4O3. The summed E-state index contributed by atoms with van der Waals surface area (Å²) in [6.07, 6.45) is 5.12. The molecule has 7 heteroatoms. The van der Waals surface area contributed by atoms with Gasteiger partial charge in [0.2, 0.25) is 0 Å². The maximum absolute atomic E-state index is 13.5. The fourth-order valence-electron chi connectivity index (χ4n) is 5.90. The molecule has 37 heavy (non-hydrogen) atoms. The number of piperidine rings is 1. The van der Waals surface area contributed by atoms with Crippen molar-refractivity contribution < 1.29 is 14.4 Å². The summed E-state index contributed by atoms with van der Waals surface area (Å²) in [4.78, 5) is 50.1. The number of benzene rings is 1. The van der Waals surface area contributed by atoms with Crippen molar-refractivity contribution in [1.82, 2.24) is 14.9 Å². The normalized spacial score (nSPS) is 17.6. The van der Waals surface area contributed by atoms with Crippen LogP contribution in [-0.2, 0) is 9.59 Å². The third-order valence-corrected chi connectivity index (χ3v) is 7.81. The van der Waals surface area contributed by atoms with Crippen LogP contribution in [0.3, 0.4) is 0 Å². The fourth-order valence-corrected chi connectivity index (χ4v) is 5.90. The number of hydrogen-bond acceptors (Lipinski definition) is 6. The van der Waals surface area contributed by atoms with Crippen molar-refractivity contribution in [2.24, 2.45) is 5.41 Å². The van der Waals surface area contributed by atoms with Gasteiger partial charge in [-0.05, 0) is 85.2 Å². The van der Waals surface area contributed by atoms with Gasteiger partial charge in [0.1, 0.15) is 29.2 Å². The molecule has 0 atom stereocenters. The summed E-state index contributed by atoms with van der Waals surface area (Å²) in [5.74, 6) is -0.918. The minimum absolute atomic E-state index is 0.0313. The lowest BCUT2D eigenvalue weighted by Gasteiger charge is -2.44. The Labute approximate surface area is 216 Å². The number of hydrogen-bond donors (Lipinski definition) is 0. The summed E-state index contributed by atoms with van der Waals surface area (Å²) < 4.78 is 0. The van der Waals surface area contributed by atoms with Crippen molar-refractivity contribution in [1.29, 1.82) is 5.26 Å². The van der Waals surface area contributed by atoms with Gasteiger partial charge >= 0.3 is 0 Å². The van der Waals surface area contributed by atoms with E-state index in [1.165, 1.54) is 6.20 Å². The number of nitrogens with zero attached hydrogens (tertiary/aromatic N) is 4. The Kier molecular flexibility index (Phi) is 6.43. The zero-order valence-corrected chi connectivity index (χ0v) is 21.0. The van der Waals surface area contributed by atoms with Gasteiger partial charge in [0.15, 0.2) is 0 Å². The Morgan fingerprint density at radius 3 is 2.22 bits per heavy atom. The number of Topliss-reactive ketones (excluding diaryl/α,β-unsaturated/α-hetero) is 2. The second-order valence-electron chi connectivity index (χ2n) is 10.3. The van der Waals surface area contributed by atoms with Crippen LogP contribution in [0, 0.1) is 30.6 Å². The van der Waals surface area contributed by atoms with E-state index in [-0.39, 0.29) is 22.9 Å². The molecular weight excluding hydrogens is 464 g/mol. The molecule has 3 aromatic rings. The maximum atomic E-state index is 13.5. The fraction of sp³-hybridized carbons (Fsp3) is 0.333. The molecule has 7 nitrogen and oxygen atoms in total. The zero-order valence-electron chi connectivity index (χ0n) is 21.0. The molecule has 2 aliphatic rings. The van der Waals surface area contributed by atoms with Gasteiger partial charge < -0.3 is 4.90 Å². The minimum atomic E-state index is -0.748. The Morgan fingerprint density at radius 1 is 1.00 bits per heavy atom. The van der Waals surface area contributed by atoms with E-state index in [0.717, 1.165) is 27.9 Å². The third-order valence-electron chi connectivity index (χ3n) is 7.81. The molecule has 1 aromatic carbocycles. The van der Waals surface area contributed by atoms with Crippen molar-refractivity contribution in [3.8, 4) is 17.3 Å². The lowest BCUT2D eigenvalue weighted by Crippen LogP contribution is -2.48.